The second-order valence-corrected chi connectivity index (χ2v) is 5.78. The molecule has 2 nitrogen and oxygen atoms in total. The second-order valence-electron chi connectivity index (χ2n) is 5.37. The lowest BCUT2D eigenvalue weighted by Gasteiger charge is -2.35. The first kappa shape index (κ1) is 12.9. The Hall–Kier alpha value is -0.570. The fourth-order valence-electron chi connectivity index (χ4n) is 2.21. The summed E-state index contributed by atoms with van der Waals surface area (Å²) in [5.41, 5.74) is 1.90. The van der Waals surface area contributed by atoms with Crippen LogP contribution < -0.4 is 0 Å². The number of hydrogen-bond acceptors (Lipinski definition) is 2. The number of hydrogen-bond donors (Lipinski definition) is 1. The topological polar surface area (TPSA) is 23.5 Å². The van der Waals surface area contributed by atoms with Crippen LogP contribution in [0.4, 0.5) is 0 Å². The molecule has 0 saturated carbocycles. The molecule has 94 valence electrons. The van der Waals surface area contributed by atoms with Crippen molar-refractivity contribution >= 4 is 11.6 Å². The normalized spacial score (nSPS) is 20.5. The van der Waals surface area contributed by atoms with Gasteiger partial charge in [0.05, 0.1) is 5.60 Å². The van der Waals surface area contributed by atoms with E-state index in [9.17, 15) is 5.11 Å². The van der Waals surface area contributed by atoms with Gasteiger partial charge in [-0.1, -0.05) is 23.7 Å². The van der Waals surface area contributed by atoms with Gasteiger partial charge in [0.1, 0.15) is 0 Å². The smallest absolute Gasteiger partial charge is 0.0644 e. The Labute approximate surface area is 108 Å². The number of piperidine rings is 1. The minimum absolute atomic E-state index is 0.479. The molecule has 0 spiro atoms. The maximum atomic E-state index is 9.90. The molecule has 0 unspecified atom stereocenters. The van der Waals surface area contributed by atoms with Crippen LogP contribution in [0.5, 0.6) is 0 Å². The molecule has 1 aliphatic rings. The second kappa shape index (κ2) is 4.97. The Kier molecular flexibility index (Phi) is 3.76. The van der Waals surface area contributed by atoms with Gasteiger partial charge in [-0.25, -0.2) is 0 Å². The first-order chi connectivity index (χ1) is 7.96. The van der Waals surface area contributed by atoms with Gasteiger partial charge in [-0.3, -0.25) is 4.90 Å². The van der Waals surface area contributed by atoms with E-state index in [1.807, 2.05) is 19.9 Å². The number of likely N-dealkylation sites (tertiary alicyclic amines) is 1. The molecule has 0 aromatic heterocycles. The van der Waals surface area contributed by atoms with Gasteiger partial charge in [-0.2, -0.15) is 0 Å². The minimum Gasteiger partial charge on any atom is -0.390 e. The molecular formula is C14H20ClNO. The molecule has 17 heavy (non-hydrogen) atoms. The van der Waals surface area contributed by atoms with Crippen molar-refractivity contribution in [1.29, 1.82) is 0 Å². The molecule has 0 radical (unpaired) electrons. The van der Waals surface area contributed by atoms with Crippen molar-refractivity contribution in [1.82, 2.24) is 4.90 Å². The molecule has 0 amide bonds. The number of aliphatic hydroxyl groups is 1. The van der Waals surface area contributed by atoms with Crippen molar-refractivity contribution in [3.8, 4) is 0 Å². The zero-order chi connectivity index (χ0) is 12.5. The van der Waals surface area contributed by atoms with E-state index >= 15 is 0 Å². The number of halogens is 1. The number of rotatable bonds is 2. The van der Waals surface area contributed by atoms with Crippen LogP contribution in [0.2, 0.25) is 5.02 Å². The molecule has 3 heteroatoms. The van der Waals surface area contributed by atoms with Gasteiger partial charge >= 0.3 is 0 Å². The quantitative estimate of drug-likeness (QED) is 0.876. The monoisotopic (exact) mass is 253 g/mol. The van der Waals surface area contributed by atoms with E-state index in [2.05, 4.69) is 17.0 Å². The molecule has 1 aromatic rings. The zero-order valence-corrected chi connectivity index (χ0v) is 11.3. The van der Waals surface area contributed by atoms with Crippen LogP contribution in [0.3, 0.4) is 0 Å². The average Bonchev–Trinajstić information content (AvgIpc) is 2.25. The third-order valence-corrected chi connectivity index (χ3v) is 3.89. The highest BCUT2D eigenvalue weighted by molar-refractivity contribution is 6.31. The zero-order valence-electron chi connectivity index (χ0n) is 10.5. The van der Waals surface area contributed by atoms with Gasteiger partial charge in [-0.15, -0.1) is 0 Å². The Morgan fingerprint density at radius 1 is 1.35 bits per heavy atom. The van der Waals surface area contributed by atoms with Gasteiger partial charge in [-0.05, 0) is 43.9 Å². The highest BCUT2D eigenvalue weighted by Gasteiger charge is 2.27. The van der Waals surface area contributed by atoms with Gasteiger partial charge in [0.2, 0.25) is 0 Å². The van der Waals surface area contributed by atoms with E-state index in [-0.39, 0.29) is 0 Å². The van der Waals surface area contributed by atoms with Crippen LogP contribution in [-0.4, -0.2) is 28.7 Å². The first-order valence-corrected chi connectivity index (χ1v) is 6.54. The van der Waals surface area contributed by atoms with E-state index in [4.69, 9.17) is 11.6 Å². The summed E-state index contributed by atoms with van der Waals surface area (Å²) in [5.74, 6) is 0. The predicted molar refractivity (Wildman–Crippen MR) is 71.3 cm³/mol. The summed E-state index contributed by atoms with van der Waals surface area (Å²) in [5, 5.41) is 10.7. The van der Waals surface area contributed by atoms with E-state index in [0.717, 1.165) is 37.5 Å². The summed E-state index contributed by atoms with van der Waals surface area (Å²) in [6.45, 7) is 6.74. The molecule has 0 aliphatic carbocycles. The van der Waals surface area contributed by atoms with Crippen LogP contribution in [0.15, 0.2) is 18.2 Å². The highest BCUT2D eigenvalue weighted by atomic mass is 35.5. The summed E-state index contributed by atoms with van der Waals surface area (Å²) in [7, 11) is 0. The number of nitrogens with zero attached hydrogens (tertiary/aromatic N) is 1. The van der Waals surface area contributed by atoms with Crippen LogP contribution in [0.1, 0.15) is 30.9 Å². The molecule has 1 aromatic carbocycles. The van der Waals surface area contributed by atoms with Gasteiger partial charge < -0.3 is 5.11 Å². The summed E-state index contributed by atoms with van der Waals surface area (Å²) in [6.07, 6.45) is 1.69. The average molecular weight is 254 g/mol. The van der Waals surface area contributed by atoms with Crippen LogP contribution in [0.25, 0.3) is 0 Å². The van der Waals surface area contributed by atoms with Crippen LogP contribution in [-0.2, 0) is 6.54 Å². The Balaban J connectivity index is 1.98. The summed E-state index contributed by atoms with van der Waals surface area (Å²) >= 11 is 6.23. The van der Waals surface area contributed by atoms with E-state index in [1.165, 1.54) is 11.1 Å². The fourth-order valence-corrected chi connectivity index (χ4v) is 2.51. The van der Waals surface area contributed by atoms with Gasteiger partial charge in [0, 0.05) is 24.7 Å². The standard InChI is InChI=1S/C14H20ClNO/c1-11-3-4-12(13(15)9-11)10-16-7-5-14(2,17)6-8-16/h3-4,9,17H,5-8,10H2,1-2H3. The molecule has 1 fully saturated rings. The Morgan fingerprint density at radius 2 is 2.00 bits per heavy atom. The molecule has 0 atom stereocenters. The number of aryl methyl sites for hydroxylation is 1. The first-order valence-electron chi connectivity index (χ1n) is 6.16. The minimum atomic E-state index is -0.479. The third-order valence-electron chi connectivity index (χ3n) is 3.54. The SMILES string of the molecule is Cc1ccc(CN2CCC(C)(O)CC2)c(Cl)c1. The number of benzene rings is 1. The molecule has 1 aliphatic heterocycles. The summed E-state index contributed by atoms with van der Waals surface area (Å²) in [4.78, 5) is 2.36. The summed E-state index contributed by atoms with van der Waals surface area (Å²) in [6, 6.07) is 6.21. The van der Waals surface area contributed by atoms with E-state index < -0.39 is 5.60 Å². The fraction of sp³-hybridized carbons (Fsp3) is 0.571. The van der Waals surface area contributed by atoms with Crippen LogP contribution >= 0.6 is 11.6 Å². The highest BCUT2D eigenvalue weighted by Crippen LogP contribution is 2.25. The van der Waals surface area contributed by atoms with Crippen molar-refractivity contribution < 1.29 is 5.11 Å². The lowest BCUT2D eigenvalue weighted by molar-refractivity contribution is -0.00729. The van der Waals surface area contributed by atoms with Crippen molar-refractivity contribution in [3.63, 3.8) is 0 Å². The van der Waals surface area contributed by atoms with Crippen LogP contribution in [0, 0.1) is 6.92 Å². The molecule has 1 saturated heterocycles. The summed E-state index contributed by atoms with van der Waals surface area (Å²) < 4.78 is 0. The molecule has 1 heterocycles. The van der Waals surface area contributed by atoms with Crippen molar-refractivity contribution in [2.45, 2.75) is 38.8 Å². The predicted octanol–water partition coefficient (Wildman–Crippen LogP) is 3.00. The molecule has 2 rings (SSSR count). The van der Waals surface area contributed by atoms with E-state index in [1.54, 1.807) is 0 Å². The van der Waals surface area contributed by atoms with Gasteiger partial charge in [0.15, 0.2) is 0 Å². The largest absolute Gasteiger partial charge is 0.390 e. The van der Waals surface area contributed by atoms with Gasteiger partial charge in [0.25, 0.3) is 0 Å². The Bertz CT molecular complexity index is 393. The maximum absolute atomic E-state index is 9.90. The molecular weight excluding hydrogens is 234 g/mol. The van der Waals surface area contributed by atoms with E-state index in [0.29, 0.717) is 0 Å². The maximum Gasteiger partial charge on any atom is 0.0644 e. The third kappa shape index (κ3) is 3.44. The van der Waals surface area contributed by atoms with Crippen molar-refractivity contribution in [2.75, 3.05) is 13.1 Å². The lowest BCUT2D eigenvalue weighted by atomic mass is 9.93. The molecule has 1 N–H and O–H groups in total. The lowest BCUT2D eigenvalue weighted by Crippen LogP contribution is -2.41. The Morgan fingerprint density at radius 3 is 2.59 bits per heavy atom. The van der Waals surface area contributed by atoms with Crippen molar-refractivity contribution in [2.24, 2.45) is 0 Å². The molecule has 0 bridgehead atoms. The van der Waals surface area contributed by atoms with Crippen molar-refractivity contribution in [3.05, 3.63) is 34.3 Å².